The molecular weight excluding hydrogens is 382 g/mol. The van der Waals surface area contributed by atoms with Crippen molar-refractivity contribution in [1.82, 2.24) is 5.16 Å². The predicted molar refractivity (Wildman–Crippen MR) is 105 cm³/mol. The molecule has 3 rings (SSSR count). The predicted octanol–water partition coefficient (Wildman–Crippen LogP) is 3.03. The molecule has 1 amide bonds. The zero-order valence-corrected chi connectivity index (χ0v) is 17.1. The van der Waals surface area contributed by atoms with Crippen LogP contribution in [0.1, 0.15) is 25.3 Å². The molecule has 0 saturated carbocycles. The number of sulfonamides is 1. The number of carbonyl (C=O) groups is 1. The molecule has 0 aliphatic carbocycles. The topological polar surface area (TPSA) is 102 Å². The van der Waals surface area contributed by atoms with Gasteiger partial charge in [-0.05, 0) is 39.8 Å². The van der Waals surface area contributed by atoms with Crippen molar-refractivity contribution in [2.45, 2.75) is 32.6 Å². The van der Waals surface area contributed by atoms with E-state index in [2.05, 4.69) is 16.5 Å². The summed E-state index contributed by atoms with van der Waals surface area (Å²) in [7, 11) is -3.88. The number of hydrogen-bond donors (Lipinski definition) is 1. The van der Waals surface area contributed by atoms with Gasteiger partial charge in [0.25, 0.3) is 10.0 Å². The van der Waals surface area contributed by atoms with Crippen molar-refractivity contribution < 1.29 is 22.5 Å². The lowest BCUT2D eigenvalue weighted by atomic mass is 9.93. The Balaban J connectivity index is 1.99. The lowest BCUT2D eigenvalue weighted by Gasteiger charge is -2.27. The Morgan fingerprint density at radius 2 is 2.07 bits per heavy atom. The summed E-state index contributed by atoms with van der Waals surface area (Å²) in [5, 5.41) is 3.69. The Morgan fingerprint density at radius 3 is 2.68 bits per heavy atom. The van der Waals surface area contributed by atoms with Gasteiger partial charge in [0.2, 0.25) is 5.91 Å². The quantitative estimate of drug-likeness (QED) is 0.767. The third-order valence-corrected chi connectivity index (χ3v) is 6.09. The minimum Gasteiger partial charge on any atom is -0.490 e. The second-order valence-electron chi connectivity index (χ2n) is 7.32. The van der Waals surface area contributed by atoms with E-state index in [4.69, 9.17) is 9.26 Å². The van der Waals surface area contributed by atoms with Gasteiger partial charge in [0.15, 0.2) is 10.7 Å². The first kappa shape index (κ1) is 19.9. The minimum absolute atomic E-state index is 0.00737. The molecule has 1 aromatic heterocycles. The third kappa shape index (κ3) is 3.49. The van der Waals surface area contributed by atoms with E-state index < -0.39 is 15.4 Å². The van der Waals surface area contributed by atoms with Gasteiger partial charge >= 0.3 is 0 Å². The van der Waals surface area contributed by atoms with Gasteiger partial charge in [-0.2, -0.15) is 0 Å². The Hall–Kier alpha value is -2.81. The smallest absolute Gasteiger partial charge is 0.267 e. The molecule has 1 aromatic carbocycles. The normalized spacial score (nSPS) is 16.1. The molecule has 1 aliphatic rings. The number of benzene rings is 1. The summed E-state index contributed by atoms with van der Waals surface area (Å²) >= 11 is 0. The molecule has 2 aromatic rings. The van der Waals surface area contributed by atoms with E-state index in [-0.39, 0.29) is 28.9 Å². The number of ether oxygens (including phenoxy) is 1. The molecule has 1 N–H and O–H groups in total. The van der Waals surface area contributed by atoms with Crippen LogP contribution >= 0.6 is 0 Å². The SMILES string of the molecule is C=CCN1C(=O)C(C)(C)COc2cc(NS(=O)(=O)c3c(C)noc3C)ccc21. The first-order chi connectivity index (χ1) is 13.1. The summed E-state index contributed by atoms with van der Waals surface area (Å²) < 4.78 is 38.8. The van der Waals surface area contributed by atoms with Gasteiger partial charge in [-0.3, -0.25) is 9.52 Å². The van der Waals surface area contributed by atoms with Crippen LogP contribution in [0.3, 0.4) is 0 Å². The number of aryl methyl sites for hydroxylation is 2. The maximum Gasteiger partial charge on any atom is 0.267 e. The Kier molecular flexibility index (Phi) is 4.97. The van der Waals surface area contributed by atoms with E-state index in [1.54, 1.807) is 49.9 Å². The van der Waals surface area contributed by atoms with Crippen LogP contribution in [-0.2, 0) is 14.8 Å². The molecule has 28 heavy (non-hydrogen) atoms. The highest BCUT2D eigenvalue weighted by atomic mass is 32.2. The number of rotatable bonds is 5. The average molecular weight is 405 g/mol. The first-order valence-corrected chi connectivity index (χ1v) is 10.2. The molecule has 0 saturated heterocycles. The van der Waals surface area contributed by atoms with Crippen LogP contribution < -0.4 is 14.4 Å². The Labute approximate surface area is 164 Å². The van der Waals surface area contributed by atoms with E-state index >= 15 is 0 Å². The van der Waals surface area contributed by atoms with Crippen molar-refractivity contribution in [3.63, 3.8) is 0 Å². The second kappa shape index (κ2) is 6.97. The molecule has 0 fully saturated rings. The van der Waals surface area contributed by atoms with Gasteiger partial charge in [0, 0.05) is 12.6 Å². The van der Waals surface area contributed by atoms with E-state index in [0.29, 0.717) is 23.7 Å². The number of anilines is 2. The minimum atomic E-state index is -3.88. The fraction of sp³-hybridized carbons (Fsp3) is 0.368. The van der Waals surface area contributed by atoms with Gasteiger partial charge in [0.1, 0.15) is 18.1 Å². The number of aromatic nitrogens is 1. The fourth-order valence-corrected chi connectivity index (χ4v) is 4.47. The van der Waals surface area contributed by atoms with Crippen molar-refractivity contribution in [2.75, 3.05) is 22.8 Å². The van der Waals surface area contributed by atoms with E-state index in [9.17, 15) is 13.2 Å². The van der Waals surface area contributed by atoms with E-state index in [0.717, 1.165) is 0 Å². The van der Waals surface area contributed by atoms with Crippen LogP contribution in [0.5, 0.6) is 5.75 Å². The molecule has 8 nitrogen and oxygen atoms in total. The van der Waals surface area contributed by atoms with Crippen LogP contribution in [-0.4, -0.2) is 32.6 Å². The summed E-state index contributed by atoms with van der Waals surface area (Å²) in [6.45, 7) is 10.9. The third-order valence-electron chi connectivity index (χ3n) is 4.46. The summed E-state index contributed by atoms with van der Waals surface area (Å²) in [6.07, 6.45) is 1.64. The van der Waals surface area contributed by atoms with Crippen LogP contribution in [0.4, 0.5) is 11.4 Å². The standard InChI is InChI=1S/C19H23N3O5S/c1-6-9-22-15-8-7-14(10-16(15)26-11-19(4,5)18(22)23)21-28(24,25)17-12(2)20-27-13(17)3/h6-8,10,21H,1,9,11H2,2-5H3. The average Bonchev–Trinajstić information content (AvgIpc) is 2.92. The summed E-state index contributed by atoms with van der Waals surface area (Å²) in [4.78, 5) is 14.4. The van der Waals surface area contributed by atoms with Gasteiger partial charge in [0.05, 0.1) is 16.8 Å². The molecule has 0 unspecified atom stereocenters. The zero-order valence-electron chi connectivity index (χ0n) is 16.3. The molecule has 150 valence electrons. The highest BCUT2D eigenvalue weighted by molar-refractivity contribution is 7.92. The molecule has 0 atom stereocenters. The Morgan fingerprint density at radius 1 is 1.36 bits per heavy atom. The molecule has 0 radical (unpaired) electrons. The molecule has 0 bridgehead atoms. The summed E-state index contributed by atoms with van der Waals surface area (Å²) in [5.41, 5.74) is 0.430. The molecule has 0 spiro atoms. The molecule has 9 heteroatoms. The maximum absolute atomic E-state index is 12.8. The van der Waals surface area contributed by atoms with Gasteiger partial charge in [-0.1, -0.05) is 11.2 Å². The molecule has 2 heterocycles. The number of fused-ring (bicyclic) bond motifs is 1. The largest absolute Gasteiger partial charge is 0.490 e. The van der Waals surface area contributed by atoms with Crippen molar-refractivity contribution in [3.8, 4) is 5.75 Å². The molecular formula is C19H23N3O5S. The highest BCUT2D eigenvalue weighted by Gasteiger charge is 2.37. The van der Waals surface area contributed by atoms with Crippen molar-refractivity contribution in [3.05, 3.63) is 42.3 Å². The van der Waals surface area contributed by atoms with E-state index in [1.165, 1.54) is 6.92 Å². The number of carbonyl (C=O) groups excluding carboxylic acids is 1. The number of hydrogen-bond acceptors (Lipinski definition) is 6. The number of amides is 1. The van der Waals surface area contributed by atoms with Crippen LogP contribution in [0, 0.1) is 19.3 Å². The highest BCUT2D eigenvalue weighted by Crippen LogP contribution is 2.38. The Bertz CT molecular complexity index is 1020. The van der Waals surface area contributed by atoms with Crippen LogP contribution in [0.2, 0.25) is 0 Å². The summed E-state index contributed by atoms with van der Waals surface area (Å²) in [6, 6.07) is 4.80. The van der Waals surface area contributed by atoms with Crippen molar-refractivity contribution in [2.24, 2.45) is 5.41 Å². The van der Waals surface area contributed by atoms with Crippen molar-refractivity contribution >= 4 is 27.3 Å². The zero-order chi connectivity index (χ0) is 20.7. The fourth-order valence-electron chi connectivity index (χ4n) is 3.09. The lowest BCUT2D eigenvalue weighted by Crippen LogP contribution is -2.42. The van der Waals surface area contributed by atoms with Crippen LogP contribution in [0.15, 0.2) is 40.3 Å². The van der Waals surface area contributed by atoms with Crippen LogP contribution in [0.25, 0.3) is 0 Å². The van der Waals surface area contributed by atoms with Gasteiger partial charge in [-0.15, -0.1) is 6.58 Å². The maximum atomic E-state index is 12.8. The first-order valence-electron chi connectivity index (χ1n) is 8.72. The second-order valence-corrected chi connectivity index (χ2v) is 8.94. The summed E-state index contributed by atoms with van der Waals surface area (Å²) in [5.74, 6) is 0.537. The monoisotopic (exact) mass is 405 g/mol. The lowest BCUT2D eigenvalue weighted by molar-refractivity contribution is -0.127. The van der Waals surface area contributed by atoms with Gasteiger partial charge < -0.3 is 14.2 Å². The molecule has 1 aliphatic heterocycles. The van der Waals surface area contributed by atoms with Gasteiger partial charge in [-0.25, -0.2) is 8.42 Å². The number of nitrogens with zero attached hydrogens (tertiary/aromatic N) is 2. The number of nitrogens with one attached hydrogen (secondary N) is 1. The van der Waals surface area contributed by atoms with E-state index in [1.807, 2.05) is 0 Å². The van der Waals surface area contributed by atoms with Crippen molar-refractivity contribution in [1.29, 1.82) is 0 Å².